The summed E-state index contributed by atoms with van der Waals surface area (Å²) in [7, 11) is 0. The Hall–Kier alpha value is -0.570. The van der Waals surface area contributed by atoms with Crippen molar-refractivity contribution in [2.45, 2.75) is 64.0 Å². The molecule has 0 aromatic carbocycles. The van der Waals surface area contributed by atoms with E-state index in [-0.39, 0.29) is 12.0 Å². The molecule has 0 saturated heterocycles. The molecule has 0 spiro atoms. The Kier molecular flexibility index (Phi) is 4.22. The predicted octanol–water partition coefficient (Wildman–Crippen LogP) is 2.25. The molecule has 2 aliphatic carbocycles. The third-order valence-electron chi connectivity index (χ3n) is 3.65. The van der Waals surface area contributed by atoms with Crippen molar-refractivity contribution in [1.82, 2.24) is 5.32 Å². The van der Waals surface area contributed by atoms with E-state index < -0.39 is 0 Å². The van der Waals surface area contributed by atoms with Crippen LogP contribution in [0.5, 0.6) is 0 Å². The minimum absolute atomic E-state index is 0.0250. The van der Waals surface area contributed by atoms with Crippen LogP contribution in [-0.4, -0.2) is 24.7 Å². The molecule has 0 heterocycles. The van der Waals surface area contributed by atoms with Gasteiger partial charge in [-0.3, -0.25) is 4.79 Å². The van der Waals surface area contributed by atoms with E-state index >= 15 is 0 Å². The van der Waals surface area contributed by atoms with Gasteiger partial charge in [-0.2, -0.15) is 0 Å². The van der Waals surface area contributed by atoms with Crippen molar-refractivity contribution in [2.24, 2.45) is 5.92 Å². The second-order valence-corrected chi connectivity index (χ2v) is 5.07. The summed E-state index contributed by atoms with van der Waals surface area (Å²) in [5.41, 5.74) is 0. The van der Waals surface area contributed by atoms with E-state index in [1.54, 1.807) is 0 Å². The maximum absolute atomic E-state index is 11.8. The van der Waals surface area contributed by atoms with Gasteiger partial charge in [-0.1, -0.05) is 19.3 Å². The molecule has 1 atom stereocenters. The molecule has 1 N–H and O–H groups in total. The molecule has 3 nitrogen and oxygen atoms in total. The van der Waals surface area contributed by atoms with Crippen LogP contribution in [0.15, 0.2) is 0 Å². The van der Waals surface area contributed by atoms with Gasteiger partial charge in [-0.25, -0.2) is 0 Å². The first kappa shape index (κ1) is 11.9. The molecule has 2 rings (SSSR count). The lowest BCUT2D eigenvalue weighted by molar-refractivity contribution is -0.146. The third-order valence-corrected chi connectivity index (χ3v) is 3.65. The first-order valence-corrected chi connectivity index (χ1v) is 6.74. The molecule has 0 aromatic heterocycles. The van der Waals surface area contributed by atoms with Crippen molar-refractivity contribution in [2.75, 3.05) is 6.61 Å². The monoisotopic (exact) mass is 225 g/mol. The lowest BCUT2D eigenvalue weighted by atomic mass is 9.94. The van der Waals surface area contributed by atoms with Crippen molar-refractivity contribution in [3.63, 3.8) is 0 Å². The fourth-order valence-electron chi connectivity index (χ4n) is 2.58. The summed E-state index contributed by atoms with van der Waals surface area (Å²) in [6.45, 7) is 2.37. The highest BCUT2D eigenvalue weighted by Crippen LogP contribution is 2.34. The van der Waals surface area contributed by atoms with E-state index in [0.717, 1.165) is 0 Å². The van der Waals surface area contributed by atoms with Crippen LogP contribution in [0.3, 0.4) is 0 Å². The normalized spacial score (nSPS) is 24.1. The Balaban J connectivity index is 1.83. The highest BCUT2D eigenvalue weighted by Gasteiger charge is 2.38. The van der Waals surface area contributed by atoms with Crippen molar-refractivity contribution >= 4 is 5.97 Å². The van der Waals surface area contributed by atoms with Crippen LogP contribution in [0.25, 0.3) is 0 Å². The van der Waals surface area contributed by atoms with E-state index in [4.69, 9.17) is 4.74 Å². The molecule has 2 aliphatic rings. The maximum atomic E-state index is 11.8. The molecule has 0 aliphatic heterocycles. The van der Waals surface area contributed by atoms with Crippen LogP contribution in [0.1, 0.15) is 51.9 Å². The number of hydrogen-bond acceptors (Lipinski definition) is 3. The van der Waals surface area contributed by atoms with E-state index in [0.29, 0.717) is 18.6 Å². The standard InChI is InChI=1S/C13H23NO2/c1-2-16-13(15)12(10-8-9-10)14-11-6-4-3-5-7-11/h10-12,14H,2-9H2,1H3. The molecule has 3 heteroatoms. The Morgan fingerprint density at radius 1 is 1.25 bits per heavy atom. The highest BCUT2D eigenvalue weighted by molar-refractivity contribution is 5.76. The van der Waals surface area contributed by atoms with Gasteiger partial charge in [0, 0.05) is 6.04 Å². The molecule has 0 bridgehead atoms. The van der Waals surface area contributed by atoms with E-state index in [1.807, 2.05) is 6.92 Å². The van der Waals surface area contributed by atoms with E-state index in [2.05, 4.69) is 5.32 Å². The topological polar surface area (TPSA) is 38.3 Å². The van der Waals surface area contributed by atoms with E-state index in [9.17, 15) is 4.79 Å². The molecule has 0 aromatic rings. The van der Waals surface area contributed by atoms with Gasteiger partial charge in [-0.05, 0) is 38.5 Å². The molecular formula is C13H23NO2. The lowest BCUT2D eigenvalue weighted by Crippen LogP contribution is -2.46. The molecule has 2 saturated carbocycles. The number of carbonyl (C=O) groups excluding carboxylic acids is 1. The largest absolute Gasteiger partial charge is 0.465 e. The van der Waals surface area contributed by atoms with E-state index in [1.165, 1.54) is 44.9 Å². The summed E-state index contributed by atoms with van der Waals surface area (Å²) in [5, 5.41) is 3.53. The molecular weight excluding hydrogens is 202 g/mol. The minimum atomic E-state index is -0.0319. The average Bonchev–Trinajstić information content (AvgIpc) is 3.11. The quantitative estimate of drug-likeness (QED) is 0.729. The number of carbonyl (C=O) groups is 1. The summed E-state index contributed by atoms with van der Waals surface area (Å²) < 4.78 is 5.15. The van der Waals surface area contributed by atoms with Gasteiger partial charge in [0.2, 0.25) is 0 Å². The molecule has 16 heavy (non-hydrogen) atoms. The minimum Gasteiger partial charge on any atom is -0.465 e. The maximum Gasteiger partial charge on any atom is 0.323 e. The zero-order valence-corrected chi connectivity index (χ0v) is 10.2. The molecule has 1 unspecified atom stereocenters. The fraction of sp³-hybridized carbons (Fsp3) is 0.923. The molecule has 92 valence electrons. The number of nitrogens with one attached hydrogen (secondary N) is 1. The van der Waals surface area contributed by atoms with Crippen molar-refractivity contribution < 1.29 is 9.53 Å². The van der Waals surface area contributed by atoms with Gasteiger partial charge >= 0.3 is 5.97 Å². The summed E-state index contributed by atoms with van der Waals surface area (Å²) >= 11 is 0. The summed E-state index contributed by atoms with van der Waals surface area (Å²) in [6, 6.07) is 0.520. The lowest BCUT2D eigenvalue weighted by Gasteiger charge is -2.27. The second-order valence-electron chi connectivity index (χ2n) is 5.07. The molecule has 2 fully saturated rings. The van der Waals surface area contributed by atoms with Crippen LogP contribution >= 0.6 is 0 Å². The fourth-order valence-corrected chi connectivity index (χ4v) is 2.58. The molecule has 0 amide bonds. The Morgan fingerprint density at radius 2 is 1.94 bits per heavy atom. The van der Waals surface area contributed by atoms with Crippen LogP contribution in [0, 0.1) is 5.92 Å². The van der Waals surface area contributed by atoms with Gasteiger partial charge in [0.05, 0.1) is 6.61 Å². The smallest absolute Gasteiger partial charge is 0.323 e. The Morgan fingerprint density at radius 3 is 2.50 bits per heavy atom. The number of ether oxygens (including phenoxy) is 1. The van der Waals surface area contributed by atoms with Crippen LogP contribution < -0.4 is 5.32 Å². The Labute approximate surface area is 97.9 Å². The zero-order valence-electron chi connectivity index (χ0n) is 10.2. The van der Waals surface area contributed by atoms with Gasteiger partial charge in [0.1, 0.15) is 6.04 Å². The summed E-state index contributed by atoms with van der Waals surface area (Å²) in [4.78, 5) is 11.8. The first-order chi connectivity index (χ1) is 7.81. The number of esters is 1. The van der Waals surface area contributed by atoms with Crippen LogP contribution in [-0.2, 0) is 9.53 Å². The number of hydrogen-bond donors (Lipinski definition) is 1. The number of rotatable bonds is 5. The third kappa shape index (κ3) is 3.21. The zero-order chi connectivity index (χ0) is 11.4. The second kappa shape index (κ2) is 5.67. The van der Waals surface area contributed by atoms with Gasteiger partial charge in [0.15, 0.2) is 0 Å². The highest BCUT2D eigenvalue weighted by atomic mass is 16.5. The van der Waals surface area contributed by atoms with Crippen molar-refractivity contribution in [3.05, 3.63) is 0 Å². The van der Waals surface area contributed by atoms with Gasteiger partial charge in [-0.15, -0.1) is 0 Å². The van der Waals surface area contributed by atoms with Crippen LogP contribution in [0.2, 0.25) is 0 Å². The van der Waals surface area contributed by atoms with Crippen molar-refractivity contribution in [1.29, 1.82) is 0 Å². The predicted molar refractivity (Wildman–Crippen MR) is 63.2 cm³/mol. The first-order valence-electron chi connectivity index (χ1n) is 6.74. The Bertz CT molecular complexity index is 232. The summed E-state index contributed by atoms with van der Waals surface area (Å²) in [5.74, 6) is 0.511. The summed E-state index contributed by atoms with van der Waals surface area (Å²) in [6.07, 6.45) is 8.78. The van der Waals surface area contributed by atoms with Crippen LogP contribution in [0.4, 0.5) is 0 Å². The average molecular weight is 225 g/mol. The molecule has 0 radical (unpaired) electrons. The van der Waals surface area contributed by atoms with Gasteiger partial charge in [0.25, 0.3) is 0 Å². The SMILES string of the molecule is CCOC(=O)C(NC1CCCCC1)C1CC1. The van der Waals surface area contributed by atoms with Crippen molar-refractivity contribution in [3.8, 4) is 0 Å². The van der Waals surface area contributed by atoms with Gasteiger partial charge < -0.3 is 10.1 Å².